The summed E-state index contributed by atoms with van der Waals surface area (Å²) in [6, 6.07) is 11.7. The Labute approximate surface area is 154 Å². The highest BCUT2D eigenvalue weighted by Crippen LogP contribution is 2.24. The van der Waals surface area contributed by atoms with Crippen molar-refractivity contribution in [3.8, 4) is 11.8 Å². The van der Waals surface area contributed by atoms with E-state index >= 15 is 0 Å². The fourth-order valence-electron chi connectivity index (χ4n) is 3.02. The van der Waals surface area contributed by atoms with E-state index in [0.717, 1.165) is 24.2 Å². The van der Waals surface area contributed by atoms with Gasteiger partial charge >= 0.3 is 0 Å². The maximum absolute atomic E-state index is 5.16. The maximum atomic E-state index is 5.16. The number of methoxy groups -OCH3 is 2. The Hall–Kier alpha value is -2.76. The standard InChI is InChI=1S/C20H24N4O2/c1-25-19-11-5-7-15(23-19)13-21-17-9-3-4-10-18(17)22-14-16-8-6-12-20(24-16)26-2/h5-8,11-14,17-18H,3-4,9-10H2,1-2H3. The van der Waals surface area contributed by atoms with E-state index in [1.807, 2.05) is 48.8 Å². The number of aliphatic imine (C=N–C) groups is 2. The molecule has 0 aromatic carbocycles. The second kappa shape index (κ2) is 9.08. The van der Waals surface area contributed by atoms with Crippen LogP contribution in [0, 0.1) is 0 Å². The van der Waals surface area contributed by atoms with Crippen molar-refractivity contribution in [2.75, 3.05) is 14.2 Å². The van der Waals surface area contributed by atoms with Crippen LogP contribution in [0.4, 0.5) is 0 Å². The van der Waals surface area contributed by atoms with Crippen LogP contribution in [0.2, 0.25) is 0 Å². The molecule has 136 valence electrons. The summed E-state index contributed by atoms with van der Waals surface area (Å²) >= 11 is 0. The van der Waals surface area contributed by atoms with Crippen molar-refractivity contribution in [3.63, 3.8) is 0 Å². The van der Waals surface area contributed by atoms with Gasteiger partial charge in [-0.05, 0) is 25.0 Å². The number of pyridine rings is 2. The van der Waals surface area contributed by atoms with Crippen LogP contribution >= 0.6 is 0 Å². The molecular weight excluding hydrogens is 328 g/mol. The molecule has 2 aromatic heterocycles. The minimum Gasteiger partial charge on any atom is -0.481 e. The lowest BCUT2D eigenvalue weighted by Crippen LogP contribution is -2.27. The lowest BCUT2D eigenvalue weighted by Gasteiger charge is -2.25. The van der Waals surface area contributed by atoms with Crippen molar-refractivity contribution >= 4 is 12.4 Å². The molecule has 2 aromatic rings. The molecule has 2 unspecified atom stereocenters. The topological polar surface area (TPSA) is 69.0 Å². The van der Waals surface area contributed by atoms with Crippen molar-refractivity contribution in [1.29, 1.82) is 0 Å². The molecule has 0 N–H and O–H groups in total. The van der Waals surface area contributed by atoms with Gasteiger partial charge in [-0.3, -0.25) is 9.98 Å². The van der Waals surface area contributed by atoms with E-state index in [1.54, 1.807) is 14.2 Å². The monoisotopic (exact) mass is 352 g/mol. The molecule has 0 saturated heterocycles. The summed E-state index contributed by atoms with van der Waals surface area (Å²) < 4.78 is 10.3. The van der Waals surface area contributed by atoms with Crippen LogP contribution in [-0.4, -0.2) is 48.7 Å². The highest BCUT2D eigenvalue weighted by molar-refractivity contribution is 5.78. The average Bonchev–Trinajstić information content (AvgIpc) is 2.71. The number of ether oxygens (including phenoxy) is 2. The summed E-state index contributed by atoms with van der Waals surface area (Å²) in [5, 5.41) is 0. The molecule has 0 aliphatic heterocycles. The van der Waals surface area contributed by atoms with Crippen molar-refractivity contribution in [3.05, 3.63) is 47.8 Å². The average molecular weight is 352 g/mol. The van der Waals surface area contributed by atoms with Gasteiger partial charge in [0.2, 0.25) is 11.8 Å². The molecule has 0 spiro atoms. The van der Waals surface area contributed by atoms with Crippen LogP contribution < -0.4 is 9.47 Å². The number of aromatic nitrogens is 2. The van der Waals surface area contributed by atoms with E-state index in [-0.39, 0.29) is 12.1 Å². The SMILES string of the molecule is COc1cccc(C=NC2CCCCC2N=Cc2cccc(OC)n2)n1. The highest BCUT2D eigenvalue weighted by Gasteiger charge is 2.23. The first-order valence-electron chi connectivity index (χ1n) is 8.87. The van der Waals surface area contributed by atoms with E-state index in [4.69, 9.17) is 19.5 Å². The molecule has 2 atom stereocenters. The van der Waals surface area contributed by atoms with Gasteiger partial charge in [-0.15, -0.1) is 0 Å². The van der Waals surface area contributed by atoms with E-state index in [2.05, 4.69) is 9.97 Å². The lowest BCUT2D eigenvalue weighted by molar-refractivity contribution is 0.389. The molecule has 0 radical (unpaired) electrons. The van der Waals surface area contributed by atoms with E-state index in [0.29, 0.717) is 11.8 Å². The number of nitrogens with zero attached hydrogens (tertiary/aromatic N) is 4. The summed E-state index contributed by atoms with van der Waals surface area (Å²) in [6.07, 6.45) is 8.08. The lowest BCUT2D eigenvalue weighted by atomic mass is 9.91. The molecule has 6 nitrogen and oxygen atoms in total. The summed E-state index contributed by atoms with van der Waals surface area (Å²) in [7, 11) is 3.23. The zero-order valence-electron chi connectivity index (χ0n) is 15.2. The summed E-state index contributed by atoms with van der Waals surface area (Å²) in [5.41, 5.74) is 1.60. The highest BCUT2D eigenvalue weighted by atomic mass is 16.5. The number of hydrogen-bond donors (Lipinski definition) is 0. The minimum atomic E-state index is 0.165. The van der Waals surface area contributed by atoms with Crippen LogP contribution in [0.25, 0.3) is 0 Å². The minimum absolute atomic E-state index is 0.165. The fourth-order valence-corrected chi connectivity index (χ4v) is 3.02. The van der Waals surface area contributed by atoms with Gasteiger partial charge in [-0.25, -0.2) is 9.97 Å². The van der Waals surface area contributed by atoms with Gasteiger partial charge in [-0.1, -0.05) is 25.0 Å². The Kier molecular flexibility index (Phi) is 6.30. The van der Waals surface area contributed by atoms with Gasteiger partial charge < -0.3 is 9.47 Å². The van der Waals surface area contributed by atoms with Crippen molar-refractivity contribution < 1.29 is 9.47 Å². The third-order valence-electron chi connectivity index (χ3n) is 4.40. The van der Waals surface area contributed by atoms with Crippen LogP contribution in [0.15, 0.2) is 46.4 Å². The summed E-state index contributed by atoms with van der Waals surface area (Å²) in [4.78, 5) is 18.3. The molecule has 0 bridgehead atoms. The zero-order chi connectivity index (χ0) is 18.2. The largest absolute Gasteiger partial charge is 0.481 e. The van der Waals surface area contributed by atoms with Gasteiger partial charge in [0.1, 0.15) is 0 Å². The van der Waals surface area contributed by atoms with Crippen LogP contribution in [0.3, 0.4) is 0 Å². The molecule has 1 saturated carbocycles. The van der Waals surface area contributed by atoms with Crippen LogP contribution in [0.1, 0.15) is 37.1 Å². The fraction of sp³-hybridized carbons (Fsp3) is 0.400. The molecule has 1 aliphatic carbocycles. The third kappa shape index (κ3) is 4.88. The van der Waals surface area contributed by atoms with Crippen LogP contribution in [0.5, 0.6) is 11.8 Å². The van der Waals surface area contributed by atoms with Gasteiger partial charge in [-0.2, -0.15) is 0 Å². The first-order chi connectivity index (χ1) is 12.8. The van der Waals surface area contributed by atoms with E-state index < -0.39 is 0 Å². The number of hydrogen-bond acceptors (Lipinski definition) is 6. The molecule has 3 rings (SSSR count). The molecular formula is C20H24N4O2. The molecule has 0 amide bonds. The first kappa shape index (κ1) is 18.0. The molecule has 2 heterocycles. The van der Waals surface area contributed by atoms with Gasteiger partial charge in [0.15, 0.2) is 0 Å². The van der Waals surface area contributed by atoms with Crippen molar-refractivity contribution in [1.82, 2.24) is 9.97 Å². The molecule has 26 heavy (non-hydrogen) atoms. The van der Waals surface area contributed by atoms with Gasteiger partial charge in [0.05, 0.1) is 37.7 Å². The van der Waals surface area contributed by atoms with Crippen molar-refractivity contribution in [2.24, 2.45) is 9.98 Å². The molecule has 6 heteroatoms. The van der Waals surface area contributed by atoms with E-state index in [9.17, 15) is 0 Å². The normalized spacial score (nSPS) is 20.5. The maximum Gasteiger partial charge on any atom is 0.213 e. The van der Waals surface area contributed by atoms with Gasteiger partial charge in [0, 0.05) is 24.6 Å². The zero-order valence-corrected chi connectivity index (χ0v) is 15.2. The van der Waals surface area contributed by atoms with Crippen molar-refractivity contribution in [2.45, 2.75) is 37.8 Å². The predicted molar refractivity (Wildman–Crippen MR) is 103 cm³/mol. The smallest absolute Gasteiger partial charge is 0.213 e. The second-order valence-corrected chi connectivity index (χ2v) is 6.19. The van der Waals surface area contributed by atoms with Gasteiger partial charge in [0.25, 0.3) is 0 Å². The Bertz CT molecular complexity index is 710. The first-order valence-corrected chi connectivity index (χ1v) is 8.87. The Balaban J connectivity index is 1.70. The molecule has 1 aliphatic rings. The third-order valence-corrected chi connectivity index (χ3v) is 4.40. The Morgan fingerprint density at radius 2 is 1.27 bits per heavy atom. The Morgan fingerprint density at radius 1 is 0.808 bits per heavy atom. The quantitative estimate of drug-likeness (QED) is 0.748. The van der Waals surface area contributed by atoms with Crippen LogP contribution in [-0.2, 0) is 0 Å². The second-order valence-electron chi connectivity index (χ2n) is 6.19. The Morgan fingerprint density at radius 3 is 1.69 bits per heavy atom. The summed E-state index contributed by atoms with van der Waals surface area (Å²) in [5.74, 6) is 1.19. The summed E-state index contributed by atoms with van der Waals surface area (Å²) in [6.45, 7) is 0. The van der Waals surface area contributed by atoms with E-state index in [1.165, 1.54) is 12.8 Å². The predicted octanol–water partition coefficient (Wildman–Crippen LogP) is 3.34. The number of rotatable bonds is 6. The molecule has 1 fully saturated rings.